The molecule has 0 aromatic heterocycles. The van der Waals surface area contributed by atoms with Crippen LogP contribution in [0.3, 0.4) is 0 Å². The van der Waals surface area contributed by atoms with E-state index in [9.17, 15) is 4.79 Å². The Hall–Kier alpha value is -1.71. The molecule has 114 valence electrons. The van der Waals surface area contributed by atoms with Crippen molar-refractivity contribution < 1.29 is 9.53 Å². The summed E-state index contributed by atoms with van der Waals surface area (Å²) >= 11 is 0. The Morgan fingerprint density at radius 3 is 2.71 bits per heavy atom. The topological polar surface area (TPSA) is 64.3 Å². The molecule has 1 aromatic carbocycles. The maximum atomic E-state index is 11.9. The molecule has 2 saturated carbocycles. The lowest BCUT2D eigenvalue weighted by Crippen LogP contribution is -2.30. The minimum absolute atomic E-state index is 0.174. The fourth-order valence-electron chi connectivity index (χ4n) is 3.86. The largest absolute Gasteiger partial charge is 0.492 e. The van der Waals surface area contributed by atoms with Gasteiger partial charge in [-0.1, -0.05) is 6.42 Å². The smallest absolute Gasteiger partial charge is 0.220 e. The van der Waals surface area contributed by atoms with E-state index in [0.717, 1.165) is 23.3 Å². The Labute approximate surface area is 126 Å². The highest BCUT2D eigenvalue weighted by Crippen LogP contribution is 2.49. The molecular weight excluding hydrogens is 264 g/mol. The number of benzene rings is 1. The summed E-state index contributed by atoms with van der Waals surface area (Å²) in [5.74, 6) is 3.30. The van der Waals surface area contributed by atoms with Gasteiger partial charge in [-0.2, -0.15) is 0 Å². The van der Waals surface area contributed by atoms with Gasteiger partial charge in [-0.25, -0.2) is 0 Å². The van der Waals surface area contributed by atoms with E-state index in [0.29, 0.717) is 25.5 Å². The van der Waals surface area contributed by atoms with Gasteiger partial charge in [0.05, 0.1) is 6.54 Å². The molecule has 1 aromatic rings. The average molecular weight is 288 g/mol. The molecule has 2 fully saturated rings. The number of rotatable bonds is 6. The second-order valence-corrected chi connectivity index (χ2v) is 6.41. The second-order valence-electron chi connectivity index (χ2n) is 6.41. The van der Waals surface area contributed by atoms with Gasteiger partial charge < -0.3 is 15.8 Å². The van der Waals surface area contributed by atoms with E-state index in [1.165, 1.54) is 25.7 Å². The summed E-state index contributed by atoms with van der Waals surface area (Å²) in [6.45, 7) is 1.05. The van der Waals surface area contributed by atoms with Gasteiger partial charge >= 0.3 is 0 Å². The van der Waals surface area contributed by atoms with E-state index >= 15 is 0 Å². The van der Waals surface area contributed by atoms with Crippen LogP contribution in [0.5, 0.6) is 5.75 Å². The summed E-state index contributed by atoms with van der Waals surface area (Å²) in [6.07, 6.45) is 6.04. The quantitative estimate of drug-likeness (QED) is 0.624. The number of carbonyl (C=O) groups excluding carboxylic acids is 1. The van der Waals surface area contributed by atoms with E-state index in [1.54, 1.807) is 0 Å². The van der Waals surface area contributed by atoms with E-state index in [1.807, 2.05) is 24.3 Å². The summed E-state index contributed by atoms with van der Waals surface area (Å²) in [5.41, 5.74) is 6.34. The van der Waals surface area contributed by atoms with Crippen LogP contribution >= 0.6 is 0 Å². The van der Waals surface area contributed by atoms with Crippen molar-refractivity contribution >= 4 is 11.6 Å². The molecule has 2 aliphatic rings. The molecule has 0 spiro atoms. The lowest BCUT2D eigenvalue weighted by molar-refractivity contribution is -0.122. The number of nitrogens with two attached hydrogens (primary N) is 1. The van der Waals surface area contributed by atoms with Crippen molar-refractivity contribution in [1.29, 1.82) is 0 Å². The Kier molecular flexibility index (Phi) is 4.32. The molecule has 4 heteroatoms. The number of carbonyl (C=O) groups is 1. The number of nitrogens with one attached hydrogen (secondary N) is 1. The summed E-state index contributed by atoms with van der Waals surface area (Å²) in [4.78, 5) is 11.9. The van der Waals surface area contributed by atoms with Gasteiger partial charge in [0, 0.05) is 12.1 Å². The van der Waals surface area contributed by atoms with Crippen molar-refractivity contribution in [3.8, 4) is 5.75 Å². The van der Waals surface area contributed by atoms with Crippen molar-refractivity contribution in [1.82, 2.24) is 5.32 Å². The molecule has 0 radical (unpaired) electrons. The zero-order valence-corrected chi connectivity index (χ0v) is 12.4. The van der Waals surface area contributed by atoms with Crippen molar-refractivity contribution in [2.75, 3.05) is 18.9 Å². The summed E-state index contributed by atoms with van der Waals surface area (Å²) in [5, 5.41) is 2.96. The Morgan fingerprint density at radius 1 is 1.24 bits per heavy atom. The fraction of sp³-hybridized carbons (Fsp3) is 0.588. The highest BCUT2D eigenvalue weighted by Gasteiger charge is 2.39. The minimum Gasteiger partial charge on any atom is -0.492 e. The normalized spacial score (nSPS) is 26.8. The minimum atomic E-state index is 0.174. The van der Waals surface area contributed by atoms with E-state index in [-0.39, 0.29) is 5.91 Å². The van der Waals surface area contributed by atoms with Gasteiger partial charge in [0.1, 0.15) is 12.4 Å². The lowest BCUT2D eigenvalue weighted by Gasteiger charge is -2.20. The number of ether oxygens (including phenoxy) is 1. The Bertz CT molecular complexity index is 486. The molecule has 0 saturated heterocycles. The predicted octanol–water partition coefficient (Wildman–Crippen LogP) is 2.59. The zero-order valence-electron chi connectivity index (χ0n) is 12.4. The van der Waals surface area contributed by atoms with Crippen LogP contribution in [0, 0.1) is 17.8 Å². The maximum absolute atomic E-state index is 11.9. The molecular formula is C17H24N2O2. The van der Waals surface area contributed by atoms with Crippen LogP contribution in [-0.4, -0.2) is 19.1 Å². The molecule has 0 heterocycles. The Balaban J connectivity index is 1.32. The molecule has 2 aliphatic carbocycles. The molecule has 3 N–H and O–H groups in total. The van der Waals surface area contributed by atoms with E-state index < -0.39 is 0 Å². The van der Waals surface area contributed by atoms with Crippen LogP contribution in [0.15, 0.2) is 24.3 Å². The third kappa shape index (κ3) is 3.69. The highest BCUT2D eigenvalue weighted by molar-refractivity contribution is 5.76. The van der Waals surface area contributed by atoms with Crippen LogP contribution < -0.4 is 15.8 Å². The van der Waals surface area contributed by atoms with Crippen molar-refractivity contribution in [3.63, 3.8) is 0 Å². The lowest BCUT2D eigenvalue weighted by atomic mass is 9.86. The first-order valence-corrected chi connectivity index (χ1v) is 7.96. The number of fused-ring (bicyclic) bond motifs is 2. The SMILES string of the molecule is Nc1ccc(OCCNC(=O)CC2CC3CCC2C3)cc1. The molecule has 2 bridgehead atoms. The molecule has 1 amide bonds. The first kappa shape index (κ1) is 14.2. The molecule has 4 nitrogen and oxygen atoms in total. The van der Waals surface area contributed by atoms with E-state index in [2.05, 4.69) is 5.32 Å². The maximum Gasteiger partial charge on any atom is 0.220 e. The van der Waals surface area contributed by atoms with Gasteiger partial charge in [-0.3, -0.25) is 4.79 Å². The molecule has 3 atom stereocenters. The van der Waals surface area contributed by atoms with Crippen molar-refractivity contribution in [2.45, 2.75) is 32.1 Å². The van der Waals surface area contributed by atoms with Crippen molar-refractivity contribution in [2.24, 2.45) is 17.8 Å². The number of nitrogen functional groups attached to an aromatic ring is 1. The van der Waals surface area contributed by atoms with Crippen LogP contribution in [-0.2, 0) is 4.79 Å². The summed E-state index contributed by atoms with van der Waals surface area (Å²) in [7, 11) is 0. The number of hydrogen-bond donors (Lipinski definition) is 2. The van der Waals surface area contributed by atoms with Gasteiger partial charge in [-0.05, 0) is 61.3 Å². The van der Waals surface area contributed by atoms with Gasteiger partial charge in [0.15, 0.2) is 0 Å². The average Bonchev–Trinajstić information content (AvgIpc) is 3.08. The number of hydrogen-bond acceptors (Lipinski definition) is 3. The highest BCUT2D eigenvalue weighted by atomic mass is 16.5. The summed E-state index contributed by atoms with van der Waals surface area (Å²) < 4.78 is 5.56. The monoisotopic (exact) mass is 288 g/mol. The zero-order chi connectivity index (χ0) is 14.7. The standard InChI is InChI=1S/C17H24N2O2/c18-15-3-5-16(6-4-15)21-8-7-19-17(20)11-14-10-12-1-2-13(14)9-12/h3-6,12-14H,1-2,7-11,18H2,(H,19,20). The van der Waals surface area contributed by atoms with Gasteiger partial charge in [0.25, 0.3) is 0 Å². The fourth-order valence-corrected chi connectivity index (χ4v) is 3.86. The third-order valence-corrected chi connectivity index (χ3v) is 4.91. The second kappa shape index (κ2) is 6.37. The molecule has 3 unspecified atom stereocenters. The molecule has 21 heavy (non-hydrogen) atoms. The van der Waals surface area contributed by atoms with Crippen LogP contribution in [0.25, 0.3) is 0 Å². The Morgan fingerprint density at radius 2 is 2.05 bits per heavy atom. The van der Waals surface area contributed by atoms with Crippen molar-refractivity contribution in [3.05, 3.63) is 24.3 Å². The molecule has 0 aliphatic heterocycles. The number of amides is 1. The van der Waals surface area contributed by atoms with Crippen LogP contribution in [0.4, 0.5) is 5.69 Å². The first-order valence-electron chi connectivity index (χ1n) is 7.96. The summed E-state index contributed by atoms with van der Waals surface area (Å²) in [6, 6.07) is 7.30. The number of anilines is 1. The van der Waals surface area contributed by atoms with E-state index in [4.69, 9.17) is 10.5 Å². The van der Waals surface area contributed by atoms with Gasteiger partial charge in [-0.15, -0.1) is 0 Å². The third-order valence-electron chi connectivity index (χ3n) is 4.91. The van der Waals surface area contributed by atoms with Gasteiger partial charge in [0.2, 0.25) is 5.91 Å². The van der Waals surface area contributed by atoms with Crippen LogP contribution in [0.2, 0.25) is 0 Å². The van der Waals surface area contributed by atoms with Crippen LogP contribution in [0.1, 0.15) is 32.1 Å². The molecule has 3 rings (SSSR count). The first-order chi connectivity index (χ1) is 10.2. The predicted molar refractivity (Wildman–Crippen MR) is 82.9 cm³/mol.